The minimum atomic E-state index is -2.88. The second-order valence-electron chi connectivity index (χ2n) is 7.74. The van der Waals surface area contributed by atoms with Crippen molar-refractivity contribution in [1.29, 1.82) is 0 Å². The normalized spacial score (nSPS) is 17.8. The van der Waals surface area contributed by atoms with Gasteiger partial charge in [-0.1, -0.05) is 12.1 Å². The molecule has 1 aliphatic heterocycles. The summed E-state index contributed by atoms with van der Waals surface area (Å²) < 4.78 is 43.6. The SMILES string of the molecule is O=C1c2cc(-c3nnc(C(F)F)o3)ccc2CN1[C@H](C1CC1)[C@@H](O)c1ccc(F)nc1. The van der Waals surface area contributed by atoms with Crippen molar-refractivity contribution >= 4 is 5.91 Å². The summed E-state index contributed by atoms with van der Waals surface area (Å²) in [5.41, 5.74) is 1.94. The lowest BCUT2D eigenvalue weighted by molar-refractivity contribution is 0.0291. The number of rotatable bonds is 6. The molecule has 1 fully saturated rings. The van der Waals surface area contributed by atoms with Crippen LogP contribution in [0.5, 0.6) is 0 Å². The third-order valence-electron chi connectivity index (χ3n) is 5.70. The first kappa shape index (κ1) is 19.7. The summed E-state index contributed by atoms with van der Waals surface area (Å²) in [6.07, 6.45) is -0.866. The first-order chi connectivity index (χ1) is 14.9. The first-order valence-corrected chi connectivity index (χ1v) is 9.77. The molecule has 0 bridgehead atoms. The molecule has 3 heterocycles. The van der Waals surface area contributed by atoms with E-state index in [1.54, 1.807) is 17.0 Å². The maximum Gasteiger partial charge on any atom is 0.314 e. The highest BCUT2D eigenvalue weighted by molar-refractivity contribution is 5.99. The lowest BCUT2D eigenvalue weighted by atomic mass is 9.98. The Bertz CT molecular complexity index is 1130. The minimum absolute atomic E-state index is 0.0967. The molecule has 0 spiro atoms. The van der Waals surface area contributed by atoms with Crippen molar-refractivity contribution in [3.63, 3.8) is 0 Å². The van der Waals surface area contributed by atoms with Gasteiger partial charge in [0.2, 0.25) is 11.8 Å². The zero-order valence-electron chi connectivity index (χ0n) is 16.1. The molecule has 0 saturated heterocycles. The average molecular weight is 430 g/mol. The third kappa shape index (κ3) is 3.56. The predicted molar refractivity (Wildman–Crippen MR) is 100 cm³/mol. The van der Waals surface area contributed by atoms with Gasteiger partial charge in [0, 0.05) is 29.4 Å². The van der Waals surface area contributed by atoms with E-state index in [0.29, 0.717) is 23.2 Å². The Morgan fingerprint density at radius 2 is 1.97 bits per heavy atom. The van der Waals surface area contributed by atoms with E-state index in [4.69, 9.17) is 4.42 Å². The number of hydrogen-bond donors (Lipinski definition) is 1. The topological polar surface area (TPSA) is 92.4 Å². The molecular formula is C21H17F3N4O3. The molecule has 7 nitrogen and oxygen atoms in total. The molecule has 0 radical (unpaired) electrons. The number of hydrogen-bond acceptors (Lipinski definition) is 6. The number of alkyl halides is 2. The third-order valence-corrected chi connectivity index (χ3v) is 5.70. The molecule has 10 heteroatoms. The van der Waals surface area contributed by atoms with Gasteiger partial charge < -0.3 is 14.4 Å². The molecule has 3 aromatic rings. The van der Waals surface area contributed by atoms with Crippen molar-refractivity contribution in [3.05, 3.63) is 65.1 Å². The van der Waals surface area contributed by atoms with Gasteiger partial charge in [-0.25, -0.2) is 4.98 Å². The number of amides is 1. The van der Waals surface area contributed by atoms with Crippen LogP contribution in [0.15, 0.2) is 40.9 Å². The van der Waals surface area contributed by atoms with Gasteiger partial charge in [0.15, 0.2) is 0 Å². The number of nitrogens with zero attached hydrogens (tertiary/aromatic N) is 4. The molecule has 1 aliphatic carbocycles. The monoisotopic (exact) mass is 430 g/mol. The molecule has 2 aromatic heterocycles. The van der Waals surface area contributed by atoms with Crippen LogP contribution in [0.25, 0.3) is 11.5 Å². The molecule has 160 valence electrons. The quantitative estimate of drug-likeness (QED) is 0.600. The smallest absolute Gasteiger partial charge is 0.314 e. The molecule has 1 N–H and O–H groups in total. The van der Waals surface area contributed by atoms with E-state index in [1.165, 1.54) is 24.4 Å². The largest absolute Gasteiger partial charge is 0.415 e. The maximum atomic E-state index is 13.2. The number of carbonyl (C=O) groups excluding carboxylic acids is 1. The fourth-order valence-corrected chi connectivity index (χ4v) is 4.02. The van der Waals surface area contributed by atoms with E-state index < -0.39 is 30.4 Å². The number of aromatic nitrogens is 3. The lowest BCUT2D eigenvalue weighted by Gasteiger charge is -2.32. The average Bonchev–Trinajstić information content (AvgIpc) is 3.36. The van der Waals surface area contributed by atoms with E-state index in [1.807, 2.05) is 0 Å². The minimum Gasteiger partial charge on any atom is -0.415 e. The summed E-state index contributed by atoms with van der Waals surface area (Å²) in [5.74, 6) is -1.68. The predicted octanol–water partition coefficient (Wildman–Crippen LogP) is 3.68. The second-order valence-corrected chi connectivity index (χ2v) is 7.74. The fraction of sp³-hybridized carbons (Fsp3) is 0.333. The van der Waals surface area contributed by atoms with Crippen LogP contribution in [0.4, 0.5) is 13.2 Å². The maximum absolute atomic E-state index is 13.2. The summed E-state index contributed by atoms with van der Waals surface area (Å²) in [5, 5.41) is 17.9. The van der Waals surface area contributed by atoms with Crippen LogP contribution in [0.3, 0.4) is 0 Å². The lowest BCUT2D eigenvalue weighted by Crippen LogP contribution is -2.41. The van der Waals surface area contributed by atoms with Gasteiger partial charge in [-0.2, -0.15) is 13.2 Å². The fourth-order valence-electron chi connectivity index (χ4n) is 4.02. The van der Waals surface area contributed by atoms with Gasteiger partial charge in [-0.15, -0.1) is 10.2 Å². The van der Waals surface area contributed by atoms with Gasteiger partial charge >= 0.3 is 6.43 Å². The van der Waals surface area contributed by atoms with Crippen LogP contribution in [0.1, 0.15) is 52.7 Å². The van der Waals surface area contributed by atoms with Crippen molar-refractivity contribution < 1.29 is 27.5 Å². The highest BCUT2D eigenvalue weighted by Crippen LogP contribution is 2.44. The molecular weight excluding hydrogens is 413 g/mol. The Kier molecular flexibility index (Phi) is 4.73. The number of pyridine rings is 1. The van der Waals surface area contributed by atoms with Crippen LogP contribution in [0.2, 0.25) is 0 Å². The molecule has 31 heavy (non-hydrogen) atoms. The van der Waals surface area contributed by atoms with Gasteiger partial charge in [0.05, 0.1) is 6.04 Å². The van der Waals surface area contributed by atoms with Crippen LogP contribution in [-0.4, -0.2) is 37.1 Å². The van der Waals surface area contributed by atoms with Gasteiger partial charge in [-0.3, -0.25) is 4.79 Å². The van der Waals surface area contributed by atoms with E-state index in [0.717, 1.165) is 18.4 Å². The van der Waals surface area contributed by atoms with Crippen LogP contribution in [0, 0.1) is 11.9 Å². The number of aliphatic hydroxyl groups is 1. The zero-order valence-corrected chi connectivity index (χ0v) is 16.1. The molecule has 1 amide bonds. The van der Waals surface area contributed by atoms with Crippen molar-refractivity contribution in [1.82, 2.24) is 20.1 Å². The summed E-state index contributed by atoms with van der Waals surface area (Å²) in [4.78, 5) is 18.4. The van der Waals surface area contributed by atoms with Crippen molar-refractivity contribution in [2.45, 2.75) is 38.0 Å². The molecule has 2 aliphatic rings. The summed E-state index contributed by atoms with van der Waals surface area (Å²) >= 11 is 0. The molecule has 0 unspecified atom stereocenters. The number of fused-ring (bicyclic) bond motifs is 1. The van der Waals surface area contributed by atoms with Crippen LogP contribution < -0.4 is 0 Å². The Hall–Kier alpha value is -3.27. The Morgan fingerprint density at radius 1 is 1.16 bits per heavy atom. The molecule has 2 atom stereocenters. The molecule has 1 aromatic carbocycles. The number of carbonyl (C=O) groups is 1. The summed E-state index contributed by atoms with van der Waals surface area (Å²) in [6.45, 7) is 0.299. The number of benzene rings is 1. The summed E-state index contributed by atoms with van der Waals surface area (Å²) in [7, 11) is 0. The van der Waals surface area contributed by atoms with E-state index in [2.05, 4.69) is 15.2 Å². The summed E-state index contributed by atoms with van der Waals surface area (Å²) in [6, 6.07) is 7.04. The highest BCUT2D eigenvalue weighted by atomic mass is 19.3. The second kappa shape index (κ2) is 7.45. The zero-order chi connectivity index (χ0) is 21.7. The van der Waals surface area contributed by atoms with Gasteiger partial charge in [0.25, 0.3) is 11.8 Å². The number of aliphatic hydroxyl groups excluding tert-OH is 1. The van der Waals surface area contributed by atoms with E-state index in [-0.39, 0.29) is 17.7 Å². The Labute approximate surface area is 174 Å². The van der Waals surface area contributed by atoms with Gasteiger partial charge in [-0.05, 0) is 42.5 Å². The first-order valence-electron chi connectivity index (χ1n) is 9.77. The Morgan fingerprint density at radius 3 is 2.61 bits per heavy atom. The van der Waals surface area contributed by atoms with E-state index >= 15 is 0 Å². The Balaban J connectivity index is 1.43. The van der Waals surface area contributed by atoms with E-state index in [9.17, 15) is 23.1 Å². The molecule has 1 saturated carbocycles. The standard InChI is InChI=1S/C21H17F3N4O3/c22-15-6-5-12(8-25-15)17(29)16(10-1-2-10)28-9-13-4-3-11(7-14(13)21(28)30)19-26-27-20(31-19)18(23)24/h3-8,10,16-18,29H,1-2,9H2/t16-,17+/m1/s1. The van der Waals surface area contributed by atoms with Gasteiger partial charge in [0.1, 0.15) is 6.10 Å². The highest BCUT2D eigenvalue weighted by Gasteiger charge is 2.45. The number of halogens is 3. The van der Waals surface area contributed by atoms with Crippen molar-refractivity contribution in [2.24, 2.45) is 5.92 Å². The van der Waals surface area contributed by atoms with Crippen molar-refractivity contribution in [2.75, 3.05) is 0 Å². The van der Waals surface area contributed by atoms with Crippen molar-refractivity contribution in [3.8, 4) is 11.5 Å². The van der Waals surface area contributed by atoms with Crippen LogP contribution in [-0.2, 0) is 6.54 Å². The van der Waals surface area contributed by atoms with Crippen LogP contribution >= 0.6 is 0 Å². The molecule has 5 rings (SSSR count).